The Balaban J connectivity index is 1.48. The Morgan fingerprint density at radius 1 is 1.25 bits per heavy atom. The quantitative estimate of drug-likeness (QED) is 0.331. The molecule has 1 atom stereocenters. The molecule has 13 heteroatoms. The fraction of sp³-hybridized carbons (Fsp3) is 0.217. The van der Waals surface area contributed by atoms with Crippen molar-refractivity contribution in [1.82, 2.24) is 30.0 Å². The third kappa shape index (κ3) is 4.93. The van der Waals surface area contributed by atoms with Gasteiger partial charge in [0.2, 0.25) is 5.88 Å². The molecular weight excluding hydrogens is 507 g/mol. The Morgan fingerprint density at radius 2 is 2.03 bits per heavy atom. The summed E-state index contributed by atoms with van der Waals surface area (Å²) in [6.07, 6.45) is 1.36. The van der Waals surface area contributed by atoms with Crippen molar-refractivity contribution in [2.75, 3.05) is 25.0 Å². The summed E-state index contributed by atoms with van der Waals surface area (Å²) in [6.45, 7) is 1.01. The lowest BCUT2D eigenvalue weighted by molar-refractivity contribution is -0.125. The number of fused-ring (bicyclic) bond motifs is 1. The van der Waals surface area contributed by atoms with Gasteiger partial charge in [0.15, 0.2) is 17.6 Å². The van der Waals surface area contributed by atoms with Crippen molar-refractivity contribution in [2.24, 2.45) is 0 Å². The lowest BCUT2D eigenvalue weighted by Crippen LogP contribution is -2.55. The van der Waals surface area contributed by atoms with Gasteiger partial charge in [-0.25, -0.2) is 9.97 Å². The highest BCUT2D eigenvalue weighted by Gasteiger charge is 2.32. The minimum Gasteiger partial charge on any atom is -0.462 e. The van der Waals surface area contributed by atoms with E-state index in [1.807, 2.05) is 11.0 Å². The molecule has 1 saturated heterocycles. The number of aliphatic hydroxyl groups excluding tert-OH is 1. The zero-order valence-corrected chi connectivity index (χ0v) is 20.0. The number of ether oxygens (including phenoxy) is 1. The largest absolute Gasteiger partial charge is 0.462 e. The number of aliphatic hydroxyl groups is 1. The van der Waals surface area contributed by atoms with Crippen molar-refractivity contribution in [3.63, 3.8) is 0 Å². The third-order valence-electron chi connectivity index (χ3n) is 5.51. The molecule has 0 radical (unpaired) electrons. The Kier molecular flexibility index (Phi) is 6.67. The van der Waals surface area contributed by atoms with Gasteiger partial charge in [0.25, 0.3) is 5.91 Å². The summed E-state index contributed by atoms with van der Waals surface area (Å²) in [6, 6.07) is 10.1. The van der Waals surface area contributed by atoms with Crippen LogP contribution in [-0.2, 0) is 4.79 Å². The van der Waals surface area contributed by atoms with Gasteiger partial charge in [0, 0.05) is 25.8 Å². The van der Waals surface area contributed by atoms with Crippen LogP contribution in [0.15, 0.2) is 42.7 Å². The molecular formula is C23H18Cl2N8O3. The smallest absolute Gasteiger partial charge is 0.268 e. The normalized spacial score (nSPS) is 14.7. The minimum atomic E-state index is -1.03. The van der Waals surface area contributed by atoms with Gasteiger partial charge in [-0.05, 0) is 24.3 Å². The number of amides is 1. The number of likely N-dealkylation sites (tertiary alicyclic amines) is 1. The number of carbonyl (C=O) groups excluding carboxylic acids is 1. The number of β-amino-alcohol motifs (C(OH)–C–C–N with tert-alkyl or cyclic N) is 1. The molecule has 36 heavy (non-hydrogen) atoms. The Morgan fingerprint density at radius 3 is 2.69 bits per heavy atom. The Bertz CT molecular complexity index is 1440. The monoisotopic (exact) mass is 524 g/mol. The van der Waals surface area contributed by atoms with Crippen molar-refractivity contribution >= 4 is 46.0 Å². The lowest BCUT2D eigenvalue weighted by Gasteiger charge is -2.37. The summed E-state index contributed by atoms with van der Waals surface area (Å²) in [5, 5.41) is 29.3. The van der Waals surface area contributed by atoms with Crippen LogP contribution in [0.3, 0.4) is 0 Å². The van der Waals surface area contributed by atoms with Gasteiger partial charge in [0.1, 0.15) is 17.3 Å². The molecule has 4 heterocycles. The number of anilines is 1. The van der Waals surface area contributed by atoms with E-state index in [-0.39, 0.29) is 24.1 Å². The maximum absolute atomic E-state index is 13.2. The fourth-order valence-corrected chi connectivity index (χ4v) is 4.26. The SMILES string of the molecule is N#Cc1ccc(NC(=O)[C@H](CN2CC(O)C2)Oc2nc(-c3c(Cl)cccc3Cl)nc3[nH]ncc23)nc1. The zero-order chi connectivity index (χ0) is 25.2. The molecule has 1 fully saturated rings. The standard InChI is InChI=1S/C23H18Cl2N8O3/c24-15-2-1-3-16(25)19(15)21-30-20-14(8-28-32-20)23(31-21)36-17(11-33-9-13(34)10-33)22(35)29-18-5-4-12(6-26)7-27-18/h1-5,7-8,13,17,34H,9-11H2,(H,27,29,35)(H,28,30,31,32)/t17-/m0/s1. The number of nitriles is 1. The van der Waals surface area contributed by atoms with E-state index in [2.05, 4.69) is 30.5 Å². The first-order valence-electron chi connectivity index (χ1n) is 10.8. The van der Waals surface area contributed by atoms with Crippen LogP contribution in [-0.4, -0.2) is 72.9 Å². The Labute approximate surface area is 214 Å². The first kappa shape index (κ1) is 23.9. The van der Waals surface area contributed by atoms with Crippen LogP contribution in [0.1, 0.15) is 5.56 Å². The van der Waals surface area contributed by atoms with Crippen LogP contribution >= 0.6 is 23.2 Å². The molecule has 3 aromatic heterocycles. The maximum atomic E-state index is 13.2. The van der Waals surface area contributed by atoms with E-state index < -0.39 is 18.1 Å². The summed E-state index contributed by atoms with van der Waals surface area (Å²) in [4.78, 5) is 28.2. The number of hydrogen-bond donors (Lipinski definition) is 3. The summed E-state index contributed by atoms with van der Waals surface area (Å²) in [7, 11) is 0. The van der Waals surface area contributed by atoms with E-state index in [0.717, 1.165) is 0 Å². The van der Waals surface area contributed by atoms with E-state index in [1.165, 1.54) is 18.5 Å². The van der Waals surface area contributed by atoms with Crippen molar-refractivity contribution in [3.05, 3.63) is 58.3 Å². The molecule has 1 amide bonds. The number of aromatic nitrogens is 5. The number of rotatable bonds is 7. The number of hydrogen-bond acceptors (Lipinski definition) is 9. The molecule has 1 aliphatic rings. The highest BCUT2D eigenvalue weighted by atomic mass is 35.5. The fourth-order valence-electron chi connectivity index (χ4n) is 3.70. The molecule has 4 aromatic rings. The van der Waals surface area contributed by atoms with Crippen LogP contribution in [0.2, 0.25) is 10.0 Å². The molecule has 0 saturated carbocycles. The highest BCUT2D eigenvalue weighted by Crippen LogP contribution is 2.35. The predicted molar refractivity (Wildman–Crippen MR) is 132 cm³/mol. The number of H-pyrrole nitrogens is 1. The van der Waals surface area contributed by atoms with E-state index >= 15 is 0 Å². The minimum absolute atomic E-state index is 0.105. The van der Waals surface area contributed by atoms with E-state index in [1.54, 1.807) is 24.3 Å². The van der Waals surface area contributed by atoms with Gasteiger partial charge < -0.3 is 15.2 Å². The molecule has 1 aromatic carbocycles. The second-order valence-corrected chi connectivity index (χ2v) is 8.91. The Hall–Kier alpha value is -3.82. The first-order valence-corrected chi connectivity index (χ1v) is 11.6. The summed E-state index contributed by atoms with van der Waals surface area (Å²) in [5.74, 6) is 0.0792. The van der Waals surface area contributed by atoms with Crippen LogP contribution in [0.4, 0.5) is 5.82 Å². The summed E-state index contributed by atoms with van der Waals surface area (Å²) in [5.41, 5.74) is 1.15. The van der Waals surface area contributed by atoms with E-state index in [9.17, 15) is 9.90 Å². The number of halogens is 2. The third-order valence-corrected chi connectivity index (χ3v) is 6.14. The molecule has 0 bridgehead atoms. The topological polar surface area (TPSA) is 153 Å². The number of nitrogens with one attached hydrogen (secondary N) is 2. The summed E-state index contributed by atoms with van der Waals surface area (Å²) >= 11 is 12.7. The second-order valence-electron chi connectivity index (χ2n) is 8.09. The van der Waals surface area contributed by atoms with Gasteiger partial charge in [-0.1, -0.05) is 29.3 Å². The van der Waals surface area contributed by atoms with Crippen molar-refractivity contribution < 1.29 is 14.6 Å². The second kappa shape index (κ2) is 10.0. The molecule has 0 aliphatic carbocycles. The molecule has 0 unspecified atom stereocenters. The van der Waals surface area contributed by atoms with Gasteiger partial charge in [-0.15, -0.1) is 0 Å². The number of pyridine rings is 1. The first-order chi connectivity index (χ1) is 17.4. The van der Waals surface area contributed by atoms with E-state index in [4.69, 9.17) is 33.2 Å². The number of benzene rings is 1. The molecule has 0 spiro atoms. The van der Waals surface area contributed by atoms with Gasteiger partial charge in [0.05, 0.1) is 33.5 Å². The highest BCUT2D eigenvalue weighted by molar-refractivity contribution is 6.39. The van der Waals surface area contributed by atoms with Crippen LogP contribution in [0.5, 0.6) is 5.88 Å². The average molecular weight is 525 g/mol. The molecule has 182 valence electrons. The zero-order valence-electron chi connectivity index (χ0n) is 18.5. The summed E-state index contributed by atoms with van der Waals surface area (Å²) < 4.78 is 6.14. The predicted octanol–water partition coefficient (Wildman–Crippen LogP) is 2.66. The molecule has 3 N–H and O–H groups in total. The number of nitrogens with zero attached hydrogens (tertiary/aromatic N) is 6. The van der Waals surface area contributed by atoms with Gasteiger partial charge >= 0.3 is 0 Å². The van der Waals surface area contributed by atoms with E-state index in [0.29, 0.717) is 45.3 Å². The van der Waals surface area contributed by atoms with Crippen LogP contribution in [0, 0.1) is 11.3 Å². The lowest BCUT2D eigenvalue weighted by atomic mass is 10.1. The molecule has 1 aliphatic heterocycles. The molecule has 11 nitrogen and oxygen atoms in total. The maximum Gasteiger partial charge on any atom is 0.268 e. The van der Waals surface area contributed by atoms with Crippen molar-refractivity contribution in [1.29, 1.82) is 5.26 Å². The molecule has 5 rings (SSSR count). The van der Waals surface area contributed by atoms with Gasteiger partial charge in [-0.2, -0.15) is 15.3 Å². The average Bonchev–Trinajstić information content (AvgIpc) is 3.32. The van der Waals surface area contributed by atoms with Crippen LogP contribution in [0.25, 0.3) is 22.4 Å². The number of carbonyl (C=O) groups is 1. The van der Waals surface area contributed by atoms with Crippen molar-refractivity contribution in [2.45, 2.75) is 12.2 Å². The number of aromatic amines is 1. The van der Waals surface area contributed by atoms with Gasteiger partial charge in [-0.3, -0.25) is 14.8 Å². The van der Waals surface area contributed by atoms with Crippen LogP contribution < -0.4 is 10.1 Å². The van der Waals surface area contributed by atoms with Crippen molar-refractivity contribution in [3.8, 4) is 23.3 Å².